The van der Waals surface area contributed by atoms with Crippen molar-refractivity contribution in [1.29, 1.82) is 0 Å². The highest BCUT2D eigenvalue weighted by Gasteiger charge is 2.33. The van der Waals surface area contributed by atoms with E-state index in [9.17, 15) is 14.7 Å². The molecule has 0 radical (unpaired) electrons. The van der Waals surface area contributed by atoms with Crippen molar-refractivity contribution in [3.63, 3.8) is 0 Å². The SMILES string of the molecule is CC(C)(C)[C@@H](CO)NC(=O)[C@H](CC(=O)NO)N1C=CN(c2ccc(-c3ccccc3)cc2)C1. The van der Waals surface area contributed by atoms with Crippen molar-refractivity contribution in [2.45, 2.75) is 39.3 Å². The van der Waals surface area contributed by atoms with Crippen LogP contribution in [0.25, 0.3) is 11.1 Å². The van der Waals surface area contributed by atoms with Crippen molar-refractivity contribution in [2.24, 2.45) is 5.41 Å². The molecule has 176 valence electrons. The molecule has 1 aliphatic heterocycles. The van der Waals surface area contributed by atoms with Gasteiger partial charge in [-0.2, -0.15) is 0 Å². The highest BCUT2D eigenvalue weighted by atomic mass is 16.5. The monoisotopic (exact) mass is 452 g/mol. The van der Waals surface area contributed by atoms with E-state index in [0.717, 1.165) is 16.8 Å². The molecule has 8 heteroatoms. The molecule has 2 aromatic rings. The van der Waals surface area contributed by atoms with Crippen molar-refractivity contribution in [3.05, 3.63) is 67.0 Å². The summed E-state index contributed by atoms with van der Waals surface area (Å²) in [5, 5.41) is 21.6. The van der Waals surface area contributed by atoms with Crippen LogP contribution in [0.3, 0.4) is 0 Å². The van der Waals surface area contributed by atoms with Crippen molar-refractivity contribution in [3.8, 4) is 11.1 Å². The molecule has 1 heterocycles. The van der Waals surface area contributed by atoms with Gasteiger partial charge in [-0.3, -0.25) is 14.8 Å². The minimum Gasteiger partial charge on any atom is -0.394 e. The Labute approximate surface area is 194 Å². The second-order valence-corrected chi connectivity index (χ2v) is 9.20. The standard InChI is InChI=1S/C25H32N4O4/c1-25(2,3)22(16-30)26-24(32)21(15-23(31)27-33)29-14-13-28(17-29)20-11-9-19(10-12-20)18-7-5-4-6-8-18/h4-14,21-22,30,33H,15-17H2,1-3H3,(H,26,32)(H,27,31)/t21-,22+/m0/s1. The van der Waals surface area contributed by atoms with Gasteiger partial charge in [-0.1, -0.05) is 63.2 Å². The van der Waals surface area contributed by atoms with E-state index in [1.807, 2.05) is 74.3 Å². The van der Waals surface area contributed by atoms with Gasteiger partial charge in [-0.15, -0.1) is 0 Å². The number of carbonyl (C=O) groups is 2. The third-order valence-electron chi connectivity index (χ3n) is 5.81. The first kappa shape index (κ1) is 24.3. The predicted molar refractivity (Wildman–Crippen MR) is 127 cm³/mol. The average Bonchev–Trinajstić information content (AvgIpc) is 3.30. The Morgan fingerprint density at radius 2 is 1.64 bits per heavy atom. The summed E-state index contributed by atoms with van der Waals surface area (Å²) in [6.07, 6.45) is 3.38. The summed E-state index contributed by atoms with van der Waals surface area (Å²) in [6.45, 7) is 5.89. The van der Waals surface area contributed by atoms with Crippen LogP contribution in [0.4, 0.5) is 5.69 Å². The number of anilines is 1. The van der Waals surface area contributed by atoms with Crippen LogP contribution in [-0.4, -0.2) is 52.4 Å². The van der Waals surface area contributed by atoms with Gasteiger partial charge in [0.05, 0.1) is 25.7 Å². The molecule has 0 aromatic heterocycles. The maximum absolute atomic E-state index is 13.1. The Morgan fingerprint density at radius 1 is 1.00 bits per heavy atom. The zero-order chi connectivity index (χ0) is 24.0. The molecular weight excluding hydrogens is 420 g/mol. The molecule has 0 bridgehead atoms. The molecule has 0 aliphatic carbocycles. The molecular formula is C25H32N4O4. The molecule has 33 heavy (non-hydrogen) atoms. The number of aliphatic hydroxyl groups excluding tert-OH is 1. The molecule has 4 N–H and O–H groups in total. The van der Waals surface area contributed by atoms with E-state index in [1.54, 1.807) is 16.6 Å². The number of hydrogen-bond donors (Lipinski definition) is 4. The average molecular weight is 453 g/mol. The molecule has 3 rings (SSSR count). The van der Waals surface area contributed by atoms with Crippen LogP contribution >= 0.6 is 0 Å². The second kappa shape index (κ2) is 10.5. The van der Waals surface area contributed by atoms with Gasteiger partial charge in [0.1, 0.15) is 6.04 Å². The first-order chi connectivity index (χ1) is 15.7. The van der Waals surface area contributed by atoms with Crippen LogP contribution in [-0.2, 0) is 9.59 Å². The van der Waals surface area contributed by atoms with E-state index in [-0.39, 0.29) is 18.4 Å². The molecule has 2 atom stereocenters. The third-order valence-corrected chi connectivity index (χ3v) is 5.81. The Hall–Kier alpha value is -3.36. The fraction of sp³-hybridized carbons (Fsp3) is 0.360. The van der Waals surface area contributed by atoms with Gasteiger partial charge in [0, 0.05) is 18.1 Å². The lowest BCUT2D eigenvalue weighted by Gasteiger charge is -2.34. The van der Waals surface area contributed by atoms with Crippen LogP contribution < -0.4 is 15.7 Å². The molecule has 0 saturated carbocycles. The molecule has 0 fully saturated rings. The zero-order valence-electron chi connectivity index (χ0n) is 19.2. The van der Waals surface area contributed by atoms with Crippen LogP contribution in [0, 0.1) is 5.41 Å². The van der Waals surface area contributed by atoms with E-state index in [4.69, 9.17) is 5.21 Å². The molecule has 0 saturated heterocycles. The Balaban J connectivity index is 1.72. The lowest BCUT2D eigenvalue weighted by atomic mass is 9.87. The fourth-order valence-electron chi connectivity index (χ4n) is 3.67. The van der Waals surface area contributed by atoms with Crippen molar-refractivity contribution >= 4 is 17.5 Å². The van der Waals surface area contributed by atoms with E-state index >= 15 is 0 Å². The van der Waals surface area contributed by atoms with E-state index in [0.29, 0.717) is 6.67 Å². The summed E-state index contributed by atoms with van der Waals surface area (Å²) in [5.74, 6) is -1.05. The lowest BCUT2D eigenvalue weighted by molar-refractivity contribution is -0.135. The van der Waals surface area contributed by atoms with Gasteiger partial charge < -0.3 is 20.2 Å². The van der Waals surface area contributed by atoms with Crippen LogP contribution in [0.2, 0.25) is 0 Å². The first-order valence-electron chi connectivity index (χ1n) is 10.9. The number of nitrogens with one attached hydrogen (secondary N) is 2. The molecule has 0 unspecified atom stereocenters. The maximum Gasteiger partial charge on any atom is 0.245 e. The van der Waals surface area contributed by atoms with Gasteiger partial charge in [0.15, 0.2) is 0 Å². The first-order valence-corrected chi connectivity index (χ1v) is 10.9. The Kier molecular flexibility index (Phi) is 7.73. The number of rotatable bonds is 8. The summed E-state index contributed by atoms with van der Waals surface area (Å²) in [6, 6.07) is 16.9. The molecule has 8 nitrogen and oxygen atoms in total. The highest BCUT2D eigenvalue weighted by Crippen LogP contribution is 2.26. The summed E-state index contributed by atoms with van der Waals surface area (Å²) < 4.78 is 0. The normalized spacial score (nSPS) is 15.3. The summed E-state index contributed by atoms with van der Waals surface area (Å²) >= 11 is 0. The van der Waals surface area contributed by atoms with Gasteiger partial charge in [0.2, 0.25) is 11.8 Å². The summed E-state index contributed by atoms with van der Waals surface area (Å²) in [7, 11) is 0. The minimum atomic E-state index is -0.849. The van der Waals surface area contributed by atoms with E-state index < -0.39 is 23.9 Å². The smallest absolute Gasteiger partial charge is 0.245 e. The van der Waals surface area contributed by atoms with Crippen molar-refractivity contribution < 1.29 is 19.9 Å². The number of amides is 2. The number of hydroxylamine groups is 1. The van der Waals surface area contributed by atoms with Gasteiger partial charge in [0.25, 0.3) is 0 Å². The minimum absolute atomic E-state index is 0.218. The summed E-state index contributed by atoms with van der Waals surface area (Å²) in [5.41, 5.74) is 4.43. The Bertz CT molecular complexity index is 970. The van der Waals surface area contributed by atoms with Crippen LogP contribution in [0.15, 0.2) is 67.0 Å². The lowest BCUT2D eigenvalue weighted by Crippen LogP contribution is -2.54. The second-order valence-electron chi connectivity index (χ2n) is 9.20. The van der Waals surface area contributed by atoms with Crippen molar-refractivity contribution in [2.75, 3.05) is 18.2 Å². The third kappa shape index (κ3) is 6.12. The van der Waals surface area contributed by atoms with Gasteiger partial charge >= 0.3 is 0 Å². The molecule has 1 aliphatic rings. The fourth-order valence-corrected chi connectivity index (χ4v) is 3.67. The number of benzene rings is 2. The number of aliphatic hydroxyl groups is 1. The molecule has 2 aromatic carbocycles. The maximum atomic E-state index is 13.1. The number of hydrogen-bond acceptors (Lipinski definition) is 6. The quantitative estimate of drug-likeness (QED) is 0.363. The number of nitrogens with zero attached hydrogens (tertiary/aromatic N) is 2. The Morgan fingerprint density at radius 3 is 2.21 bits per heavy atom. The van der Waals surface area contributed by atoms with Crippen LogP contribution in [0.5, 0.6) is 0 Å². The van der Waals surface area contributed by atoms with E-state index in [1.165, 1.54) is 0 Å². The van der Waals surface area contributed by atoms with Crippen LogP contribution in [0.1, 0.15) is 27.2 Å². The summed E-state index contributed by atoms with van der Waals surface area (Å²) in [4.78, 5) is 28.7. The van der Waals surface area contributed by atoms with Crippen molar-refractivity contribution in [1.82, 2.24) is 15.7 Å². The largest absolute Gasteiger partial charge is 0.394 e. The topological polar surface area (TPSA) is 105 Å². The molecule has 2 amide bonds. The highest BCUT2D eigenvalue weighted by molar-refractivity contribution is 5.88. The molecule has 0 spiro atoms. The van der Waals surface area contributed by atoms with Gasteiger partial charge in [-0.05, 0) is 28.7 Å². The zero-order valence-corrected chi connectivity index (χ0v) is 19.2. The van der Waals surface area contributed by atoms with Gasteiger partial charge in [-0.25, -0.2) is 5.48 Å². The number of carbonyl (C=O) groups excluding carboxylic acids is 2. The predicted octanol–water partition coefficient (Wildman–Crippen LogP) is 2.69. The van der Waals surface area contributed by atoms with E-state index in [2.05, 4.69) is 17.4 Å².